The molecule has 0 amide bonds. The molecule has 16 heavy (non-hydrogen) atoms. The van der Waals surface area contributed by atoms with Crippen molar-refractivity contribution in [3.63, 3.8) is 0 Å². The fourth-order valence-corrected chi connectivity index (χ4v) is 1.72. The summed E-state index contributed by atoms with van der Waals surface area (Å²) in [6.07, 6.45) is -3.57. The molecule has 0 saturated carbocycles. The lowest BCUT2D eigenvalue weighted by atomic mass is 10.1. The van der Waals surface area contributed by atoms with E-state index in [4.69, 9.17) is 5.73 Å². The Morgan fingerprint density at radius 1 is 1.12 bits per heavy atom. The van der Waals surface area contributed by atoms with Gasteiger partial charge in [-0.25, -0.2) is 0 Å². The lowest BCUT2D eigenvalue weighted by molar-refractivity contribution is -0.184. The molecule has 0 heterocycles. The molecule has 0 aliphatic rings. The molecule has 0 bridgehead atoms. The Balaban J connectivity index is 4.24. The maximum atomic E-state index is 12.7. The normalized spacial score (nSPS) is 16.9. The predicted molar refractivity (Wildman–Crippen MR) is 59.3 cm³/mol. The van der Waals surface area contributed by atoms with Crippen molar-refractivity contribution in [2.75, 3.05) is 34.2 Å². The first kappa shape index (κ1) is 15.7. The summed E-state index contributed by atoms with van der Waals surface area (Å²) in [6.45, 7) is 2.55. The Kier molecular flexibility index (Phi) is 6.28. The van der Waals surface area contributed by atoms with Gasteiger partial charge in [0.25, 0.3) is 0 Å². The highest BCUT2D eigenvalue weighted by Gasteiger charge is 2.44. The van der Waals surface area contributed by atoms with E-state index in [9.17, 15) is 13.2 Å². The van der Waals surface area contributed by atoms with Crippen LogP contribution in [0.2, 0.25) is 0 Å². The lowest BCUT2D eigenvalue weighted by Crippen LogP contribution is -2.53. The Morgan fingerprint density at radius 3 is 1.94 bits per heavy atom. The van der Waals surface area contributed by atoms with Gasteiger partial charge in [-0.15, -0.1) is 0 Å². The number of hydrogen-bond acceptors (Lipinski definition) is 3. The summed E-state index contributed by atoms with van der Waals surface area (Å²) in [5, 5.41) is 0. The van der Waals surface area contributed by atoms with E-state index in [2.05, 4.69) is 0 Å². The summed E-state index contributed by atoms with van der Waals surface area (Å²) in [5.74, 6) is 0. The highest BCUT2D eigenvalue weighted by molar-refractivity contribution is 4.84. The largest absolute Gasteiger partial charge is 0.405 e. The molecule has 0 aliphatic heterocycles. The van der Waals surface area contributed by atoms with Gasteiger partial charge in [-0.2, -0.15) is 13.2 Å². The third kappa shape index (κ3) is 5.67. The van der Waals surface area contributed by atoms with Gasteiger partial charge in [-0.3, -0.25) is 4.90 Å². The van der Waals surface area contributed by atoms with Crippen molar-refractivity contribution in [1.29, 1.82) is 0 Å². The average molecular weight is 241 g/mol. The third-order valence-corrected chi connectivity index (χ3v) is 2.42. The van der Waals surface area contributed by atoms with Gasteiger partial charge in [0.05, 0.1) is 0 Å². The molecule has 0 aliphatic carbocycles. The quantitative estimate of drug-likeness (QED) is 0.757. The van der Waals surface area contributed by atoms with Crippen molar-refractivity contribution < 1.29 is 13.2 Å². The molecule has 98 valence electrons. The van der Waals surface area contributed by atoms with Crippen LogP contribution in [0.4, 0.5) is 13.2 Å². The van der Waals surface area contributed by atoms with Gasteiger partial charge in [0, 0.05) is 6.04 Å². The molecule has 6 heteroatoms. The standard InChI is InChI=1S/C10H22F3N3/c1-8(14)9(10(11,12)13)16(4)7-5-6-15(2)3/h8-9H,5-7,14H2,1-4H3. The average Bonchev–Trinajstić information content (AvgIpc) is 1.98. The molecule has 0 fully saturated rings. The monoisotopic (exact) mass is 241 g/mol. The molecule has 0 rings (SSSR count). The second kappa shape index (κ2) is 6.42. The van der Waals surface area contributed by atoms with E-state index in [1.54, 1.807) is 0 Å². The summed E-state index contributed by atoms with van der Waals surface area (Å²) in [5.41, 5.74) is 5.38. The summed E-state index contributed by atoms with van der Waals surface area (Å²) >= 11 is 0. The van der Waals surface area contributed by atoms with E-state index >= 15 is 0 Å². The van der Waals surface area contributed by atoms with Crippen LogP contribution in [0.25, 0.3) is 0 Å². The van der Waals surface area contributed by atoms with E-state index < -0.39 is 18.3 Å². The maximum absolute atomic E-state index is 12.7. The van der Waals surface area contributed by atoms with Crippen LogP contribution in [0, 0.1) is 0 Å². The number of nitrogens with two attached hydrogens (primary N) is 1. The zero-order valence-corrected chi connectivity index (χ0v) is 10.4. The van der Waals surface area contributed by atoms with Crippen molar-refractivity contribution in [3.05, 3.63) is 0 Å². The van der Waals surface area contributed by atoms with Crippen LogP contribution in [0.1, 0.15) is 13.3 Å². The van der Waals surface area contributed by atoms with Crippen LogP contribution in [0.5, 0.6) is 0 Å². The van der Waals surface area contributed by atoms with Crippen LogP contribution in [-0.2, 0) is 0 Å². The second-order valence-electron chi connectivity index (χ2n) is 4.48. The molecule has 0 aromatic heterocycles. The van der Waals surface area contributed by atoms with E-state index in [-0.39, 0.29) is 0 Å². The van der Waals surface area contributed by atoms with Gasteiger partial charge in [0.15, 0.2) is 0 Å². The second-order valence-corrected chi connectivity index (χ2v) is 4.48. The van der Waals surface area contributed by atoms with Crippen molar-refractivity contribution in [3.8, 4) is 0 Å². The van der Waals surface area contributed by atoms with Crippen molar-refractivity contribution in [1.82, 2.24) is 9.80 Å². The van der Waals surface area contributed by atoms with Gasteiger partial charge < -0.3 is 10.6 Å². The van der Waals surface area contributed by atoms with Gasteiger partial charge >= 0.3 is 6.18 Å². The highest BCUT2D eigenvalue weighted by Crippen LogP contribution is 2.25. The summed E-state index contributed by atoms with van der Waals surface area (Å²) in [6, 6.07) is -2.47. The number of hydrogen-bond donors (Lipinski definition) is 1. The fourth-order valence-electron chi connectivity index (χ4n) is 1.72. The Morgan fingerprint density at radius 2 is 1.62 bits per heavy atom. The Hall–Kier alpha value is -0.330. The number of nitrogens with zero attached hydrogens (tertiary/aromatic N) is 2. The first-order chi connectivity index (χ1) is 7.16. The molecule has 0 radical (unpaired) electrons. The topological polar surface area (TPSA) is 32.5 Å². The molecule has 3 nitrogen and oxygen atoms in total. The molecule has 2 unspecified atom stereocenters. The number of rotatable bonds is 6. The van der Waals surface area contributed by atoms with Gasteiger partial charge in [-0.1, -0.05) is 0 Å². The zero-order chi connectivity index (χ0) is 12.9. The molecule has 2 atom stereocenters. The van der Waals surface area contributed by atoms with Gasteiger partial charge in [0.2, 0.25) is 0 Å². The van der Waals surface area contributed by atoms with E-state index in [0.717, 1.165) is 6.54 Å². The zero-order valence-electron chi connectivity index (χ0n) is 10.4. The minimum absolute atomic E-state index is 0.393. The van der Waals surface area contributed by atoms with Gasteiger partial charge in [-0.05, 0) is 47.6 Å². The Labute approximate surface area is 95.4 Å². The molecule has 0 aromatic carbocycles. The lowest BCUT2D eigenvalue weighted by Gasteiger charge is -2.32. The van der Waals surface area contributed by atoms with E-state index in [0.29, 0.717) is 13.0 Å². The first-order valence-electron chi connectivity index (χ1n) is 5.33. The van der Waals surface area contributed by atoms with Crippen molar-refractivity contribution >= 4 is 0 Å². The summed E-state index contributed by atoms with van der Waals surface area (Å²) < 4.78 is 38.0. The number of halogens is 3. The molecule has 0 spiro atoms. The molecule has 2 N–H and O–H groups in total. The van der Waals surface area contributed by atoms with Crippen molar-refractivity contribution in [2.24, 2.45) is 5.73 Å². The first-order valence-corrected chi connectivity index (χ1v) is 5.33. The Bertz CT molecular complexity index is 192. The van der Waals surface area contributed by atoms with Gasteiger partial charge in [0.1, 0.15) is 6.04 Å². The van der Waals surface area contributed by atoms with Crippen LogP contribution >= 0.6 is 0 Å². The smallest absolute Gasteiger partial charge is 0.326 e. The van der Waals surface area contributed by atoms with Crippen LogP contribution < -0.4 is 5.73 Å². The molecular weight excluding hydrogens is 219 g/mol. The summed E-state index contributed by atoms with van der Waals surface area (Å²) in [7, 11) is 5.26. The summed E-state index contributed by atoms with van der Waals surface area (Å²) in [4.78, 5) is 3.23. The maximum Gasteiger partial charge on any atom is 0.405 e. The number of alkyl halides is 3. The predicted octanol–water partition coefficient (Wildman–Crippen LogP) is 1.15. The number of likely N-dealkylation sites (N-methyl/N-ethyl adjacent to an activating group) is 1. The third-order valence-electron chi connectivity index (χ3n) is 2.42. The minimum atomic E-state index is -4.26. The fraction of sp³-hybridized carbons (Fsp3) is 1.00. The molecule has 0 aromatic rings. The van der Waals surface area contributed by atoms with Crippen LogP contribution in [0.3, 0.4) is 0 Å². The van der Waals surface area contributed by atoms with Crippen molar-refractivity contribution in [2.45, 2.75) is 31.6 Å². The van der Waals surface area contributed by atoms with Crippen LogP contribution in [0.15, 0.2) is 0 Å². The van der Waals surface area contributed by atoms with E-state index in [1.807, 2.05) is 19.0 Å². The SMILES string of the molecule is CC(N)C(N(C)CCCN(C)C)C(F)(F)F. The minimum Gasteiger partial charge on any atom is -0.326 e. The van der Waals surface area contributed by atoms with E-state index in [1.165, 1.54) is 18.9 Å². The molecule has 0 saturated heterocycles. The highest BCUT2D eigenvalue weighted by atomic mass is 19.4. The molecular formula is C10H22F3N3. The van der Waals surface area contributed by atoms with Crippen LogP contribution in [-0.4, -0.2) is 62.3 Å².